The van der Waals surface area contributed by atoms with Crippen molar-refractivity contribution in [3.63, 3.8) is 0 Å². The number of nitro groups is 1. The molecule has 1 aliphatic rings. The Hall–Kier alpha value is -0.680. The van der Waals surface area contributed by atoms with Crippen molar-refractivity contribution in [1.82, 2.24) is 0 Å². The van der Waals surface area contributed by atoms with Crippen molar-refractivity contribution in [2.45, 2.75) is 44.8 Å². The van der Waals surface area contributed by atoms with E-state index in [2.05, 4.69) is 0 Å². The minimum Gasteiger partial charge on any atom is -0.348 e. The normalized spacial score (nSPS) is 19.3. The Balaban J connectivity index is 2.10. The number of ether oxygens (including phenoxy) is 2. The number of hydrogen-bond donors (Lipinski definition) is 0. The predicted octanol–water partition coefficient (Wildman–Crippen LogP) is 1.98. The molecular weight excluding hydrogens is 198 g/mol. The van der Waals surface area contributed by atoms with E-state index >= 15 is 0 Å². The summed E-state index contributed by atoms with van der Waals surface area (Å²) in [5.41, 5.74) is 0. The lowest BCUT2D eigenvalue weighted by atomic mass is 10.1. The van der Waals surface area contributed by atoms with Crippen LogP contribution in [-0.4, -0.2) is 30.5 Å². The number of nitrogens with zero attached hydrogens (tertiary/aromatic N) is 1. The van der Waals surface area contributed by atoms with E-state index in [0.29, 0.717) is 19.6 Å². The molecule has 0 spiro atoms. The Morgan fingerprint density at radius 1 is 1.27 bits per heavy atom. The van der Waals surface area contributed by atoms with Gasteiger partial charge in [-0.3, -0.25) is 10.1 Å². The first-order valence-electron chi connectivity index (χ1n) is 5.58. The lowest BCUT2D eigenvalue weighted by Gasteiger charge is -2.25. The molecule has 1 rings (SSSR count). The third-order valence-corrected chi connectivity index (χ3v) is 2.75. The highest BCUT2D eigenvalue weighted by molar-refractivity contribution is 4.72. The third-order valence-electron chi connectivity index (χ3n) is 2.75. The molecule has 5 heteroatoms. The van der Waals surface area contributed by atoms with Crippen LogP contribution in [0.15, 0.2) is 0 Å². The number of unbranched alkanes of at least 4 members (excludes halogenated alkanes) is 2. The van der Waals surface area contributed by atoms with Gasteiger partial charge in [-0.2, -0.15) is 0 Å². The fourth-order valence-corrected chi connectivity index (χ4v) is 1.83. The van der Waals surface area contributed by atoms with Crippen molar-refractivity contribution in [2.75, 3.05) is 19.8 Å². The zero-order chi connectivity index (χ0) is 11.1. The van der Waals surface area contributed by atoms with Gasteiger partial charge in [-0.25, -0.2) is 0 Å². The smallest absolute Gasteiger partial charge is 0.203 e. The van der Waals surface area contributed by atoms with E-state index in [4.69, 9.17) is 9.47 Å². The summed E-state index contributed by atoms with van der Waals surface area (Å²) in [5, 5.41) is 10.1. The Kier molecular flexibility index (Phi) is 4.98. The molecule has 0 unspecified atom stereocenters. The summed E-state index contributed by atoms with van der Waals surface area (Å²) >= 11 is 0. The van der Waals surface area contributed by atoms with Gasteiger partial charge in [0.2, 0.25) is 6.54 Å². The molecule has 1 fully saturated rings. The zero-order valence-electron chi connectivity index (χ0n) is 9.24. The van der Waals surface area contributed by atoms with E-state index in [9.17, 15) is 10.1 Å². The van der Waals surface area contributed by atoms with Gasteiger partial charge in [0.1, 0.15) is 0 Å². The summed E-state index contributed by atoms with van der Waals surface area (Å²) < 4.78 is 11.1. The molecular formula is C10H19NO4. The lowest BCUT2D eigenvalue weighted by Crippen LogP contribution is -2.28. The maximum atomic E-state index is 10.1. The topological polar surface area (TPSA) is 61.6 Å². The van der Waals surface area contributed by atoms with Crippen molar-refractivity contribution < 1.29 is 14.4 Å². The molecule has 0 aromatic heterocycles. The van der Waals surface area contributed by atoms with E-state index in [0.717, 1.165) is 25.7 Å². The van der Waals surface area contributed by atoms with Gasteiger partial charge in [0.25, 0.3) is 0 Å². The molecule has 5 nitrogen and oxygen atoms in total. The highest BCUT2D eigenvalue weighted by Crippen LogP contribution is 2.28. The van der Waals surface area contributed by atoms with Crippen LogP contribution < -0.4 is 0 Å². The van der Waals surface area contributed by atoms with Gasteiger partial charge < -0.3 is 9.47 Å². The molecule has 0 atom stereocenters. The SMILES string of the molecule is CCC1(CCCCC[N+](=O)[O-])OCCO1. The quantitative estimate of drug-likeness (QED) is 0.371. The van der Waals surface area contributed by atoms with E-state index in [1.54, 1.807) is 0 Å². The summed E-state index contributed by atoms with van der Waals surface area (Å²) in [6, 6.07) is 0. The molecule has 0 aliphatic carbocycles. The largest absolute Gasteiger partial charge is 0.348 e. The first-order valence-corrected chi connectivity index (χ1v) is 5.58. The van der Waals surface area contributed by atoms with Crippen LogP contribution in [-0.2, 0) is 9.47 Å². The molecule has 1 heterocycles. The molecule has 1 saturated heterocycles. The van der Waals surface area contributed by atoms with Crippen molar-refractivity contribution in [3.05, 3.63) is 10.1 Å². The summed E-state index contributed by atoms with van der Waals surface area (Å²) in [7, 11) is 0. The molecule has 0 aromatic rings. The van der Waals surface area contributed by atoms with Gasteiger partial charge in [0.05, 0.1) is 13.2 Å². The second kappa shape index (κ2) is 6.02. The second-order valence-corrected chi connectivity index (χ2v) is 3.83. The minimum atomic E-state index is -0.394. The molecule has 0 saturated carbocycles. The van der Waals surface area contributed by atoms with Crippen LogP contribution in [0, 0.1) is 10.1 Å². The molecule has 0 bridgehead atoms. The van der Waals surface area contributed by atoms with Gasteiger partial charge >= 0.3 is 0 Å². The van der Waals surface area contributed by atoms with Crippen molar-refractivity contribution in [2.24, 2.45) is 0 Å². The summed E-state index contributed by atoms with van der Waals surface area (Å²) in [5.74, 6) is -0.394. The Labute approximate surface area is 89.9 Å². The van der Waals surface area contributed by atoms with Gasteiger partial charge in [0, 0.05) is 17.8 Å². The minimum absolute atomic E-state index is 0.0703. The van der Waals surface area contributed by atoms with E-state index in [1.807, 2.05) is 6.92 Å². The van der Waals surface area contributed by atoms with Gasteiger partial charge in [0.15, 0.2) is 5.79 Å². The molecule has 0 amide bonds. The average molecular weight is 217 g/mol. The fraction of sp³-hybridized carbons (Fsp3) is 1.00. The monoisotopic (exact) mass is 217 g/mol. The summed E-state index contributed by atoms with van der Waals surface area (Å²) in [6.07, 6.45) is 4.15. The van der Waals surface area contributed by atoms with Gasteiger partial charge in [-0.1, -0.05) is 6.92 Å². The fourth-order valence-electron chi connectivity index (χ4n) is 1.83. The summed E-state index contributed by atoms with van der Waals surface area (Å²) in [4.78, 5) is 9.83. The van der Waals surface area contributed by atoms with Gasteiger partial charge in [-0.05, 0) is 19.3 Å². The highest BCUT2D eigenvalue weighted by Gasteiger charge is 2.33. The van der Waals surface area contributed by atoms with Crippen molar-refractivity contribution in [3.8, 4) is 0 Å². The maximum absolute atomic E-state index is 10.1. The first kappa shape index (κ1) is 12.4. The average Bonchev–Trinajstić information content (AvgIpc) is 2.66. The Bertz CT molecular complexity index is 202. The standard InChI is InChI=1S/C10H19NO4/c1-2-10(14-8-9-15-10)6-4-3-5-7-11(12)13/h2-9H2,1H3. The van der Waals surface area contributed by atoms with Crippen LogP contribution in [0.2, 0.25) is 0 Å². The maximum Gasteiger partial charge on any atom is 0.203 e. The van der Waals surface area contributed by atoms with Crippen LogP contribution >= 0.6 is 0 Å². The summed E-state index contributed by atoms with van der Waals surface area (Å²) in [6.45, 7) is 3.45. The van der Waals surface area contributed by atoms with E-state index < -0.39 is 5.79 Å². The predicted molar refractivity (Wildman–Crippen MR) is 55.3 cm³/mol. The Morgan fingerprint density at radius 2 is 1.93 bits per heavy atom. The second-order valence-electron chi connectivity index (χ2n) is 3.83. The lowest BCUT2D eigenvalue weighted by molar-refractivity contribution is -0.480. The third kappa shape index (κ3) is 4.13. The van der Waals surface area contributed by atoms with Gasteiger partial charge in [-0.15, -0.1) is 0 Å². The molecule has 0 aromatic carbocycles. The number of hydrogen-bond acceptors (Lipinski definition) is 4. The van der Waals surface area contributed by atoms with Crippen molar-refractivity contribution in [1.29, 1.82) is 0 Å². The van der Waals surface area contributed by atoms with Crippen molar-refractivity contribution >= 4 is 0 Å². The molecule has 88 valence electrons. The zero-order valence-corrected chi connectivity index (χ0v) is 9.24. The van der Waals surface area contributed by atoms with Crippen LogP contribution in [0.3, 0.4) is 0 Å². The highest BCUT2D eigenvalue weighted by atomic mass is 16.7. The van der Waals surface area contributed by atoms with E-state index in [1.165, 1.54) is 0 Å². The van der Waals surface area contributed by atoms with Crippen LogP contribution in [0.4, 0.5) is 0 Å². The molecule has 1 aliphatic heterocycles. The molecule has 0 N–H and O–H groups in total. The molecule has 15 heavy (non-hydrogen) atoms. The Morgan fingerprint density at radius 3 is 2.47 bits per heavy atom. The number of rotatable bonds is 7. The van der Waals surface area contributed by atoms with Crippen LogP contribution in [0.25, 0.3) is 0 Å². The van der Waals surface area contributed by atoms with Crippen LogP contribution in [0.1, 0.15) is 39.0 Å². The van der Waals surface area contributed by atoms with Crippen LogP contribution in [0.5, 0.6) is 0 Å². The molecule has 0 radical (unpaired) electrons. The van der Waals surface area contributed by atoms with E-state index in [-0.39, 0.29) is 11.5 Å². The first-order chi connectivity index (χ1) is 7.18.